The predicted molar refractivity (Wildman–Crippen MR) is 67.1 cm³/mol. The van der Waals surface area contributed by atoms with Crippen molar-refractivity contribution in [2.45, 2.75) is 24.6 Å². The molecule has 1 aliphatic rings. The Kier molecular flexibility index (Phi) is 4.12. The molecule has 0 spiro atoms. The first kappa shape index (κ1) is 12.5. The highest BCUT2D eigenvalue weighted by atomic mass is 32.2. The van der Waals surface area contributed by atoms with E-state index in [4.69, 9.17) is 9.52 Å². The van der Waals surface area contributed by atoms with E-state index in [9.17, 15) is 4.79 Å². The molecule has 4 nitrogen and oxygen atoms in total. The molecular weight excluding hydrogens is 238 g/mol. The number of amides is 1. The highest BCUT2D eigenvalue weighted by Gasteiger charge is 2.33. The normalized spacial score (nSPS) is 14.9. The van der Waals surface area contributed by atoms with Crippen LogP contribution in [0.25, 0.3) is 0 Å². The van der Waals surface area contributed by atoms with Crippen LogP contribution in [-0.4, -0.2) is 41.4 Å². The van der Waals surface area contributed by atoms with Crippen LogP contribution in [0.5, 0.6) is 0 Å². The number of furan rings is 1. The summed E-state index contributed by atoms with van der Waals surface area (Å²) in [6, 6.07) is 3.86. The molecule has 1 saturated carbocycles. The maximum Gasteiger partial charge on any atom is 0.289 e. The van der Waals surface area contributed by atoms with Crippen molar-refractivity contribution < 1.29 is 14.3 Å². The smallest absolute Gasteiger partial charge is 0.289 e. The van der Waals surface area contributed by atoms with Gasteiger partial charge in [-0.2, -0.15) is 11.8 Å². The first-order chi connectivity index (χ1) is 8.26. The molecule has 0 bridgehead atoms. The van der Waals surface area contributed by atoms with Crippen molar-refractivity contribution in [1.82, 2.24) is 4.90 Å². The van der Waals surface area contributed by atoms with E-state index in [-0.39, 0.29) is 12.5 Å². The molecule has 5 heteroatoms. The van der Waals surface area contributed by atoms with Crippen molar-refractivity contribution in [2.75, 3.05) is 19.4 Å². The van der Waals surface area contributed by atoms with Gasteiger partial charge in [-0.1, -0.05) is 0 Å². The van der Waals surface area contributed by atoms with E-state index in [2.05, 4.69) is 0 Å². The summed E-state index contributed by atoms with van der Waals surface area (Å²) in [4.78, 5) is 13.9. The van der Waals surface area contributed by atoms with Crippen LogP contribution < -0.4 is 0 Å². The maximum atomic E-state index is 12.1. The van der Waals surface area contributed by atoms with E-state index in [1.54, 1.807) is 22.7 Å². The predicted octanol–water partition coefficient (Wildman–Crippen LogP) is 1.74. The molecule has 1 aliphatic carbocycles. The summed E-state index contributed by atoms with van der Waals surface area (Å²) in [5.74, 6) is 1.88. The van der Waals surface area contributed by atoms with Crippen molar-refractivity contribution in [2.24, 2.45) is 0 Å². The first-order valence-corrected chi connectivity index (χ1v) is 7.15. The Morgan fingerprint density at radius 3 is 2.94 bits per heavy atom. The van der Waals surface area contributed by atoms with Crippen molar-refractivity contribution in [3.63, 3.8) is 0 Å². The lowest BCUT2D eigenvalue weighted by Gasteiger charge is -2.19. The third-order valence-electron chi connectivity index (χ3n) is 2.75. The summed E-state index contributed by atoms with van der Waals surface area (Å²) < 4.78 is 5.50. The molecule has 1 aromatic heterocycles. The average Bonchev–Trinajstić information content (AvgIpc) is 3.06. The Morgan fingerprint density at radius 1 is 1.59 bits per heavy atom. The molecule has 1 N–H and O–H groups in total. The molecule has 0 atom stereocenters. The summed E-state index contributed by atoms with van der Waals surface area (Å²) in [5, 5.41) is 8.97. The Bertz CT molecular complexity index is 387. The maximum absolute atomic E-state index is 12.1. The minimum absolute atomic E-state index is 0.000613. The van der Waals surface area contributed by atoms with E-state index in [1.165, 1.54) is 0 Å². The van der Waals surface area contributed by atoms with Gasteiger partial charge in [-0.3, -0.25) is 4.79 Å². The Morgan fingerprint density at radius 2 is 2.35 bits per heavy atom. The van der Waals surface area contributed by atoms with Gasteiger partial charge in [0.05, 0.1) is 12.4 Å². The summed E-state index contributed by atoms with van der Waals surface area (Å²) in [6.45, 7) is 0.392. The second-order valence-electron chi connectivity index (χ2n) is 4.15. The SMILES string of the molecule is CSCc1ccc(C(=O)N(CCO)C2CC2)o1. The summed E-state index contributed by atoms with van der Waals surface area (Å²) in [7, 11) is 0. The minimum atomic E-state index is -0.103. The zero-order valence-electron chi connectivity index (χ0n) is 9.89. The van der Waals surface area contributed by atoms with E-state index < -0.39 is 0 Å². The van der Waals surface area contributed by atoms with Crippen LogP contribution in [0.1, 0.15) is 29.2 Å². The lowest BCUT2D eigenvalue weighted by atomic mass is 10.3. The molecule has 1 amide bonds. The molecule has 1 fully saturated rings. The Labute approximate surface area is 105 Å². The Hall–Kier alpha value is -0.940. The number of carbonyl (C=O) groups excluding carboxylic acids is 1. The fraction of sp³-hybridized carbons (Fsp3) is 0.583. The molecule has 1 heterocycles. The van der Waals surface area contributed by atoms with Crippen molar-refractivity contribution in [1.29, 1.82) is 0 Å². The summed E-state index contributed by atoms with van der Waals surface area (Å²) >= 11 is 1.66. The number of hydrogen-bond donors (Lipinski definition) is 1. The van der Waals surface area contributed by atoms with E-state index in [0.29, 0.717) is 18.3 Å². The average molecular weight is 255 g/mol. The van der Waals surface area contributed by atoms with Gasteiger partial charge in [0.2, 0.25) is 0 Å². The van der Waals surface area contributed by atoms with Crippen molar-refractivity contribution in [3.8, 4) is 0 Å². The third kappa shape index (κ3) is 3.04. The number of thioether (sulfide) groups is 1. The molecule has 17 heavy (non-hydrogen) atoms. The molecule has 0 unspecified atom stereocenters. The number of carbonyl (C=O) groups is 1. The minimum Gasteiger partial charge on any atom is -0.455 e. The lowest BCUT2D eigenvalue weighted by molar-refractivity contribution is 0.0674. The fourth-order valence-electron chi connectivity index (χ4n) is 1.80. The molecule has 0 aromatic carbocycles. The number of hydrogen-bond acceptors (Lipinski definition) is 4. The summed E-state index contributed by atoms with van der Waals surface area (Å²) in [6.07, 6.45) is 4.06. The first-order valence-electron chi connectivity index (χ1n) is 5.75. The number of aliphatic hydroxyl groups is 1. The highest BCUT2D eigenvalue weighted by Crippen LogP contribution is 2.28. The largest absolute Gasteiger partial charge is 0.455 e. The number of aliphatic hydroxyl groups excluding tert-OH is 1. The van der Waals surface area contributed by atoms with Gasteiger partial charge in [0.15, 0.2) is 5.76 Å². The van der Waals surface area contributed by atoms with Gasteiger partial charge in [-0.05, 0) is 31.2 Å². The van der Waals surface area contributed by atoms with Gasteiger partial charge in [-0.15, -0.1) is 0 Å². The number of rotatable bonds is 6. The van der Waals surface area contributed by atoms with Crippen LogP contribution in [0.4, 0.5) is 0 Å². The molecule has 0 aliphatic heterocycles. The summed E-state index contributed by atoms with van der Waals surface area (Å²) in [5.41, 5.74) is 0. The van der Waals surface area contributed by atoms with Gasteiger partial charge in [-0.25, -0.2) is 0 Å². The second-order valence-corrected chi connectivity index (χ2v) is 5.02. The molecule has 2 rings (SSSR count). The van der Waals surface area contributed by atoms with E-state index >= 15 is 0 Å². The quantitative estimate of drug-likeness (QED) is 0.841. The molecular formula is C12H17NO3S. The zero-order chi connectivity index (χ0) is 12.3. The van der Waals surface area contributed by atoms with Gasteiger partial charge in [0, 0.05) is 12.6 Å². The second kappa shape index (κ2) is 5.60. The highest BCUT2D eigenvalue weighted by molar-refractivity contribution is 7.97. The standard InChI is InChI=1S/C12H17NO3S/c1-17-8-10-4-5-11(16-10)12(15)13(6-7-14)9-2-3-9/h4-5,9,14H,2-3,6-8H2,1H3. The van der Waals surface area contributed by atoms with E-state index in [0.717, 1.165) is 24.4 Å². The third-order valence-corrected chi connectivity index (χ3v) is 3.32. The van der Waals surface area contributed by atoms with Gasteiger partial charge < -0.3 is 14.4 Å². The van der Waals surface area contributed by atoms with E-state index in [1.807, 2.05) is 12.3 Å². The van der Waals surface area contributed by atoms with Gasteiger partial charge >= 0.3 is 0 Å². The molecule has 0 saturated heterocycles. The lowest BCUT2D eigenvalue weighted by Crippen LogP contribution is -2.35. The Balaban J connectivity index is 2.05. The van der Waals surface area contributed by atoms with Crippen LogP contribution in [0.2, 0.25) is 0 Å². The van der Waals surface area contributed by atoms with Gasteiger partial charge in [0.25, 0.3) is 5.91 Å². The van der Waals surface area contributed by atoms with Crippen LogP contribution in [0.3, 0.4) is 0 Å². The number of nitrogens with zero attached hydrogens (tertiary/aromatic N) is 1. The molecule has 94 valence electrons. The van der Waals surface area contributed by atoms with Crippen LogP contribution in [-0.2, 0) is 5.75 Å². The zero-order valence-corrected chi connectivity index (χ0v) is 10.7. The van der Waals surface area contributed by atoms with Crippen LogP contribution >= 0.6 is 11.8 Å². The molecule has 0 radical (unpaired) electrons. The van der Waals surface area contributed by atoms with Gasteiger partial charge in [0.1, 0.15) is 5.76 Å². The molecule has 1 aromatic rings. The van der Waals surface area contributed by atoms with Crippen molar-refractivity contribution >= 4 is 17.7 Å². The van der Waals surface area contributed by atoms with Crippen LogP contribution in [0, 0.1) is 0 Å². The fourth-order valence-corrected chi connectivity index (χ4v) is 2.24. The monoisotopic (exact) mass is 255 g/mol. The van der Waals surface area contributed by atoms with Crippen LogP contribution in [0.15, 0.2) is 16.5 Å². The topological polar surface area (TPSA) is 53.7 Å². The van der Waals surface area contributed by atoms with Crippen molar-refractivity contribution in [3.05, 3.63) is 23.7 Å².